The minimum Gasteiger partial charge on any atom is -0.481 e. The summed E-state index contributed by atoms with van der Waals surface area (Å²) < 4.78 is 9.79. The quantitative estimate of drug-likeness (QED) is 0.566. The number of hydrogen-bond acceptors (Lipinski definition) is 9. The molecule has 4 rings (SSSR count). The van der Waals surface area contributed by atoms with Crippen LogP contribution in [0.1, 0.15) is 32.4 Å². The van der Waals surface area contributed by atoms with Gasteiger partial charge in [0.2, 0.25) is 0 Å². The Morgan fingerprint density at radius 3 is 2.61 bits per heavy atom. The number of nitrogens with one attached hydrogen (secondary N) is 1. The van der Waals surface area contributed by atoms with Crippen LogP contribution in [-0.2, 0) is 9.53 Å². The van der Waals surface area contributed by atoms with E-state index in [2.05, 4.69) is 34.7 Å². The Morgan fingerprint density at radius 1 is 1.26 bits per heavy atom. The lowest BCUT2D eigenvalue weighted by atomic mass is 9.95. The second-order valence-corrected chi connectivity index (χ2v) is 9.06. The lowest BCUT2D eigenvalue weighted by molar-refractivity contribution is -0.152. The molecular weight excluding hydrogens is 418 g/mol. The van der Waals surface area contributed by atoms with Crippen molar-refractivity contribution in [1.82, 2.24) is 29.8 Å². The minimum absolute atomic E-state index is 0.0754. The number of ether oxygens (including phenoxy) is 1. The van der Waals surface area contributed by atoms with E-state index in [4.69, 9.17) is 4.74 Å². The number of piperidine rings is 1. The lowest BCUT2D eigenvalue weighted by Crippen LogP contribution is -2.39. The van der Waals surface area contributed by atoms with E-state index in [1.807, 2.05) is 19.1 Å². The molecule has 4 heterocycles. The first-order chi connectivity index (χ1) is 14.8. The standard InChI is InChI=1S/C20H25N7O3S/c1-12-16(31-26-23-12)18-22-17(24-25-18)13-4-5-15(21-10-13)27-8-6-14(7-9-27)30-11-20(2,3)19(28)29/h4-5,10,14H,6-9,11H2,1-3H3,(H,28,29)(H,22,24,25). The molecule has 2 N–H and O–H groups in total. The highest BCUT2D eigenvalue weighted by atomic mass is 32.1. The highest BCUT2D eigenvalue weighted by Crippen LogP contribution is 2.26. The van der Waals surface area contributed by atoms with Gasteiger partial charge in [0.25, 0.3) is 0 Å². The molecule has 10 nitrogen and oxygen atoms in total. The molecule has 11 heteroatoms. The maximum atomic E-state index is 11.2. The third kappa shape index (κ3) is 4.72. The van der Waals surface area contributed by atoms with E-state index in [1.165, 1.54) is 11.5 Å². The smallest absolute Gasteiger partial charge is 0.311 e. The fourth-order valence-electron chi connectivity index (χ4n) is 3.30. The van der Waals surface area contributed by atoms with Gasteiger partial charge in [0.15, 0.2) is 11.6 Å². The van der Waals surface area contributed by atoms with Gasteiger partial charge in [-0.3, -0.25) is 4.79 Å². The molecule has 3 aromatic rings. The predicted octanol–water partition coefficient (Wildman–Crippen LogP) is 2.79. The van der Waals surface area contributed by atoms with E-state index in [0.717, 1.165) is 47.9 Å². The Hall–Kier alpha value is -2.92. The number of anilines is 1. The van der Waals surface area contributed by atoms with Gasteiger partial charge in [0.1, 0.15) is 10.7 Å². The summed E-state index contributed by atoms with van der Waals surface area (Å²) in [7, 11) is 0. The van der Waals surface area contributed by atoms with Crippen LogP contribution in [0.3, 0.4) is 0 Å². The van der Waals surface area contributed by atoms with Gasteiger partial charge in [-0.05, 0) is 57.3 Å². The fourth-order valence-corrected chi connectivity index (χ4v) is 3.89. The fraction of sp³-hybridized carbons (Fsp3) is 0.500. The molecule has 0 spiro atoms. The maximum absolute atomic E-state index is 11.2. The summed E-state index contributed by atoms with van der Waals surface area (Å²) in [6.45, 7) is 7.10. The van der Waals surface area contributed by atoms with Gasteiger partial charge in [-0.15, -0.1) is 15.3 Å². The van der Waals surface area contributed by atoms with Crippen molar-refractivity contribution >= 4 is 23.3 Å². The number of nitrogens with zero attached hydrogens (tertiary/aromatic N) is 6. The number of aliphatic carboxylic acids is 1. The number of carboxylic acids is 1. The van der Waals surface area contributed by atoms with Crippen LogP contribution >= 0.6 is 11.5 Å². The summed E-state index contributed by atoms with van der Waals surface area (Å²) >= 11 is 1.28. The normalized spacial score (nSPS) is 15.4. The number of aryl methyl sites for hydroxylation is 1. The number of rotatable bonds is 7. The average molecular weight is 444 g/mol. The summed E-state index contributed by atoms with van der Waals surface area (Å²) in [6.07, 6.45) is 3.54. The zero-order chi connectivity index (χ0) is 22.0. The number of carbonyl (C=O) groups is 1. The molecule has 1 aliphatic rings. The molecule has 0 aromatic carbocycles. The van der Waals surface area contributed by atoms with Crippen molar-refractivity contribution in [3.63, 3.8) is 0 Å². The SMILES string of the molecule is Cc1nnsc1-c1nnc(-c2ccc(N3CCC(OCC(C)(C)C(=O)O)CC3)nc2)[nH]1. The van der Waals surface area contributed by atoms with Gasteiger partial charge in [-0.25, -0.2) is 4.98 Å². The van der Waals surface area contributed by atoms with Crippen molar-refractivity contribution in [1.29, 1.82) is 0 Å². The summed E-state index contributed by atoms with van der Waals surface area (Å²) in [6, 6.07) is 3.95. The average Bonchev–Trinajstić information content (AvgIpc) is 3.42. The summed E-state index contributed by atoms with van der Waals surface area (Å²) in [5.41, 5.74) is 0.802. The van der Waals surface area contributed by atoms with E-state index in [1.54, 1.807) is 20.0 Å². The lowest BCUT2D eigenvalue weighted by Gasteiger charge is -2.34. The van der Waals surface area contributed by atoms with Gasteiger partial charge >= 0.3 is 5.97 Å². The Bertz CT molecular complexity index is 1040. The highest BCUT2D eigenvalue weighted by molar-refractivity contribution is 7.09. The second-order valence-electron chi connectivity index (χ2n) is 8.30. The molecule has 3 aromatic heterocycles. The highest BCUT2D eigenvalue weighted by Gasteiger charge is 2.30. The number of H-pyrrole nitrogens is 1. The molecule has 0 radical (unpaired) electrons. The molecule has 1 saturated heterocycles. The molecule has 0 atom stereocenters. The third-order valence-corrected chi connectivity index (χ3v) is 6.23. The topological polar surface area (TPSA) is 130 Å². The Morgan fingerprint density at radius 2 is 2.00 bits per heavy atom. The van der Waals surface area contributed by atoms with Gasteiger partial charge in [0.05, 0.1) is 23.8 Å². The van der Waals surface area contributed by atoms with Crippen LogP contribution in [-0.4, -0.2) is 66.6 Å². The summed E-state index contributed by atoms with van der Waals surface area (Å²) in [5, 5.41) is 21.6. The Balaban J connectivity index is 1.34. The van der Waals surface area contributed by atoms with Crippen LogP contribution in [0.2, 0.25) is 0 Å². The molecule has 164 valence electrons. The van der Waals surface area contributed by atoms with Crippen molar-refractivity contribution < 1.29 is 14.6 Å². The Kier molecular flexibility index (Phi) is 5.96. The minimum atomic E-state index is -0.871. The van der Waals surface area contributed by atoms with E-state index in [9.17, 15) is 9.90 Å². The maximum Gasteiger partial charge on any atom is 0.311 e. The third-order valence-electron chi connectivity index (χ3n) is 5.40. The van der Waals surface area contributed by atoms with Crippen LogP contribution in [0.25, 0.3) is 22.1 Å². The number of pyridine rings is 1. The van der Waals surface area contributed by atoms with Gasteiger partial charge in [-0.1, -0.05) is 4.49 Å². The number of hydrogen-bond donors (Lipinski definition) is 2. The monoisotopic (exact) mass is 443 g/mol. The van der Waals surface area contributed by atoms with E-state index in [0.29, 0.717) is 11.6 Å². The van der Waals surface area contributed by atoms with Crippen molar-refractivity contribution in [3.05, 3.63) is 24.0 Å². The first kappa shape index (κ1) is 21.3. The van der Waals surface area contributed by atoms with Crippen molar-refractivity contribution in [3.8, 4) is 22.1 Å². The Labute approximate surface area is 183 Å². The van der Waals surface area contributed by atoms with E-state index >= 15 is 0 Å². The van der Waals surface area contributed by atoms with Crippen LogP contribution in [0.5, 0.6) is 0 Å². The van der Waals surface area contributed by atoms with E-state index < -0.39 is 11.4 Å². The zero-order valence-corrected chi connectivity index (χ0v) is 18.5. The molecule has 0 aliphatic carbocycles. The molecule has 31 heavy (non-hydrogen) atoms. The molecule has 0 amide bonds. The zero-order valence-electron chi connectivity index (χ0n) is 17.7. The van der Waals surface area contributed by atoms with Crippen LogP contribution in [0.15, 0.2) is 18.3 Å². The first-order valence-electron chi connectivity index (χ1n) is 10.1. The number of aromatic amines is 1. The first-order valence-corrected chi connectivity index (χ1v) is 10.9. The molecule has 0 bridgehead atoms. The molecule has 1 aliphatic heterocycles. The largest absolute Gasteiger partial charge is 0.481 e. The van der Waals surface area contributed by atoms with Crippen LogP contribution in [0.4, 0.5) is 5.82 Å². The molecule has 1 fully saturated rings. The number of carboxylic acid groups (broad SMARTS) is 1. The molecule has 0 saturated carbocycles. The van der Waals surface area contributed by atoms with Crippen LogP contribution in [0, 0.1) is 12.3 Å². The number of aromatic nitrogens is 6. The van der Waals surface area contributed by atoms with Gasteiger partial charge in [-0.2, -0.15) is 0 Å². The van der Waals surface area contributed by atoms with Crippen LogP contribution < -0.4 is 4.90 Å². The van der Waals surface area contributed by atoms with Crippen molar-refractivity contribution in [2.45, 2.75) is 39.7 Å². The van der Waals surface area contributed by atoms with Crippen molar-refractivity contribution in [2.75, 3.05) is 24.6 Å². The molecular formula is C20H25N7O3S. The van der Waals surface area contributed by atoms with Gasteiger partial charge < -0.3 is 19.7 Å². The van der Waals surface area contributed by atoms with Crippen molar-refractivity contribution in [2.24, 2.45) is 5.41 Å². The molecule has 0 unspecified atom stereocenters. The summed E-state index contributed by atoms with van der Waals surface area (Å²) in [5.74, 6) is 1.36. The van der Waals surface area contributed by atoms with Gasteiger partial charge in [0, 0.05) is 24.8 Å². The summed E-state index contributed by atoms with van der Waals surface area (Å²) in [4.78, 5) is 22.1. The second kappa shape index (κ2) is 8.67. The predicted molar refractivity (Wildman–Crippen MR) is 116 cm³/mol. The van der Waals surface area contributed by atoms with E-state index in [-0.39, 0.29) is 12.7 Å².